The molecular weight excluding hydrogens is 388 g/mol. The van der Waals surface area contributed by atoms with Crippen molar-refractivity contribution in [2.75, 3.05) is 63.7 Å². The van der Waals surface area contributed by atoms with Crippen LogP contribution in [0.3, 0.4) is 0 Å². The molecule has 0 radical (unpaired) electrons. The summed E-state index contributed by atoms with van der Waals surface area (Å²) in [4.78, 5) is 11.9. The molecule has 4 aliphatic rings. The van der Waals surface area contributed by atoms with Crippen molar-refractivity contribution in [2.24, 2.45) is 5.73 Å². The zero-order valence-corrected chi connectivity index (χ0v) is 17.6. The second-order valence-electron chi connectivity index (χ2n) is 9.02. The first kappa shape index (κ1) is 18.8. The van der Waals surface area contributed by atoms with E-state index in [4.69, 9.17) is 5.73 Å². The highest BCUT2D eigenvalue weighted by Crippen LogP contribution is 2.42. The van der Waals surface area contributed by atoms with Gasteiger partial charge in [-0.15, -0.1) is 0 Å². The quantitative estimate of drug-likeness (QED) is 0.728. The third kappa shape index (κ3) is 2.77. The Morgan fingerprint density at radius 3 is 2.34 bits per heavy atom. The molecule has 0 atom stereocenters. The number of carbonyl (C=O) groups is 1. The maximum absolute atomic E-state index is 12.7. The van der Waals surface area contributed by atoms with E-state index in [1.807, 2.05) is 24.3 Å². The molecule has 0 aliphatic carbocycles. The number of hydrogen-bond donors (Lipinski definition) is 1. The van der Waals surface area contributed by atoms with E-state index < -0.39 is 10.0 Å². The average Bonchev–Trinajstić information content (AvgIpc) is 2.90. The number of carbonyl (C=O) groups excluding carboxylic acids is 1. The number of anilines is 1. The molecule has 2 bridgehead atoms. The molecule has 6 rings (SSSR count). The maximum Gasteiger partial charge on any atom is 0.272 e. The van der Waals surface area contributed by atoms with Crippen LogP contribution in [0.1, 0.15) is 5.56 Å². The third-order valence-corrected chi connectivity index (χ3v) is 9.35. The van der Waals surface area contributed by atoms with Crippen molar-refractivity contribution in [1.29, 1.82) is 0 Å². The lowest BCUT2D eigenvalue weighted by Gasteiger charge is -2.55. The molecule has 2 aromatic rings. The second-order valence-corrected chi connectivity index (χ2v) is 11.0. The van der Waals surface area contributed by atoms with E-state index in [1.165, 1.54) is 9.87 Å². The van der Waals surface area contributed by atoms with Crippen molar-refractivity contribution in [3.63, 3.8) is 0 Å². The first-order chi connectivity index (χ1) is 13.8. The number of sulfonamides is 1. The van der Waals surface area contributed by atoms with Crippen molar-refractivity contribution in [3.05, 3.63) is 35.9 Å². The monoisotopic (exact) mass is 416 g/mol. The van der Waals surface area contributed by atoms with E-state index in [2.05, 4.69) is 0 Å². The Morgan fingerprint density at radius 1 is 1.03 bits per heavy atom. The molecule has 0 spiro atoms. The summed E-state index contributed by atoms with van der Waals surface area (Å²) >= 11 is 0. The van der Waals surface area contributed by atoms with Gasteiger partial charge in [-0.05, 0) is 23.1 Å². The summed E-state index contributed by atoms with van der Waals surface area (Å²) in [6.07, 6.45) is 0.930. The number of rotatable bonds is 5. The Labute approximate surface area is 171 Å². The minimum absolute atomic E-state index is 0.195. The van der Waals surface area contributed by atoms with Crippen molar-refractivity contribution < 1.29 is 22.2 Å². The molecule has 2 N–H and O–H groups in total. The summed E-state index contributed by atoms with van der Waals surface area (Å²) < 4.78 is 28.7. The van der Waals surface area contributed by atoms with E-state index in [0.29, 0.717) is 11.4 Å². The predicted molar refractivity (Wildman–Crippen MR) is 112 cm³/mol. The third-order valence-electron chi connectivity index (χ3n) is 7.54. The normalized spacial score (nSPS) is 29.5. The fraction of sp³-hybridized carbons (Fsp3) is 0.476. The van der Waals surface area contributed by atoms with E-state index in [0.717, 1.165) is 77.7 Å². The van der Waals surface area contributed by atoms with Gasteiger partial charge in [-0.2, -0.15) is 0 Å². The Morgan fingerprint density at radius 2 is 1.69 bits per heavy atom. The predicted octanol–water partition coefficient (Wildman–Crippen LogP) is 0.667. The molecule has 7 nitrogen and oxygen atoms in total. The van der Waals surface area contributed by atoms with Crippen LogP contribution in [-0.2, 0) is 21.2 Å². The van der Waals surface area contributed by atoms with Gasteiger partial charge in [0.2, 0.25) is 0 Å². The summed E-state index contributed by atoms with van der Waals surface area (Å²) in [5.74, 6) is -0.195. The minimum Gasteiger partial charge on any atom is -0.365 e. The van der Waals surface area contributed by atoms with Gasteiger partial charge >= 0.3 is 0 Å². The van der Waals surface area contributed by atoms with Crippen molar-refractivity contribution in [3.8, 4) is 0 Å². The zero-order chi connectivity index (χ0) is 20.4. The number of amides is 1. The lowest BCUT2D eigenvalue weighted by atomic mass is 9.99. The van der Waals surface area contributed by atoms with Crippen LogP contribution < -0.4 is 10.0 Å². The van der Waals surface area contributed by atoms with E-state index in [1.54, 1.807) is 13.1 Å². The number of hydrogen-bond acceptors (Lipinski definition) is 3. The van der Waals surface area contributed by atoms with Gasteiger partial charge < -0.3 is 14.7 Å². The molecule has 3 fully saturated rings. The van der Waals surface area contributed by atoms with Crippen LogP contribution in [0.4, 0.5) is 5.69 Å². The Balaban J connectivity index is 1.40. The molecule has 2 aromatic carbocycles. The molecule has 8 heteroatoms. The maximum atomic E-state index is 12.7. The van der Waals surface area contributed by atoms with Gasteiger partial charge in [0.1, 0.15) is 39.3 Å². The van der Waals surface area contributed by atoms with Gasteiger partial charge in [0.25, 0.3) is 15.9 Å². The highest BCUT2D eigenvalue weighted by atomic mass is 32.2. The SMILES string of the molecule is CN1c2cccc3c(CC[N+]45CC[N+](CC(N)=O)(CC4)CC5)ccc(c23)S1(=O)=O. The Hall–Kier alpha value is -2.16. The molecule has 4 heterocycles. The number of nitrogens with zero attached hydrogens (tertiary/aromatic N) is 3. The van der Waals surface area contributed by atoms with Gasteiger partial charge in [0.05, 0.1) is 17.1 Å². The van der Waals surface area contributed by atoms with E-state index in [-0.39, 0.29) is 5.91 Å². The van der Waals surface area contributed by atoms with Gasteiger partial charge in [0.15, 0.2) is 6.54 Å². The fourth-order valence-electron chi connectivity index (χ4n) is 5.59. The topological polar surface area (TPSA) is 80.5 Å². The minimum atomic E-state index is -3.43. The Kier molecular flexibility index (Phi) is 4.01. The lowest BCUT2D eigenvalue weighted by Crippen LogP contribution is -2.76. The van der Waals surface area contributed by atoms with E-state index in [9.17, 15) is 13.2 Å². The molecule has 29 heavy (non-hydrogen) atoms. The van der Waals surface area contributed by atoms with Crippen molar-refractivity contribution in [2.45, 2.75) is 11.3 Å². The van der Waals surface area contributed by atoms with Crippen LogP contribution >= 0.6 is 0 Å². The van der Waals surface area contributed by atoms with Gasteiger partial charge in [-0.25, -0.2) is 8.42 Å². The standard InChI is InChI=1S/C21H27N4O3S/c1-23-18-4-2-3-17-16(5-6-19(21(17)18)29(23,27)28)7-8-24-9-12-25(13-10-24,14-11-24)15-20(22)26/h2-6H,7-15H2,1H3,(H-,22,26)/q+1/p+1. The first-order valence-corrected chi connectivity index (χ1v) is 11.7. The molecule has 0 saturated carbocycles. The molecule has 1 amide bonds. The van der Waals surface area contributed by atoms with Gasteiger partial charge in [-0.3, -0.25) is 9.10 Å². The van der Waals surface area contributed by atoms with Crippen LogP contribution in [0.5, 0.6) is 0 Å². The fourth-order valence-corrected chi connectivity index (χ4v) is 7.01. The number of benzene rings is 2. The van der Waals surface area contributed by atoms with Crippen molar-refractivity contribution in [1.82, 2.24) is 0 Å². The summed E-state index contributed by atoms with van der Waals surface area (Å²) in [5.41, 5.74) is 7.47. The largest absolute Gasteiger partial charge is 0.365 e. The van der Waals surface area contributed by atoms with Crippen LogP contribution in [0.15, 0.2) is 35.2 Å². The second kappa shape index (κ2) is 6.17. The zero-order valence-electron chi connectivity index (χ0n) is 16.8. The lowest BCUT2D eigenvalue weighted by molar-refractivity contribution is -1.08. The molecule has 3 saturated heterocycles. The van der Waals surface area contributed by atoms with Crippen LogP contribution in [-0.4, -0.2) is 82.7 Å². The Bertz CT molecular complexity index is 1100. The number of quaternary nitrogens is 2. The van der Waals surface area contributed by atoms with Crippen LogP contribution in [0.25, 0.3) is 10.8 Å². The number of nitrogens with two attached hydrogens (primary N) is 1. The molecule has 0 aromatic heterocycles. The van der Waals surface area contributed by atoms with Crippen molar-refractivity contribution >= 4 is 32.4 Å². The molecular formula is C21H28N4O3S+2. The molecule has 0 unspecified atom stereocenters. The summed E-state index contributed by atoms with van der Waals surface area (Å²) in [5, 5.41) is 1.92. The number of primary amides is 1. The van der Waals surface area contributed by atoms with Crippen LogP contribution in [0.2, 0.25) is 0 Å². The first-order valence-electron chi connectivity index (χ1n) is 10.3. The van der Waals surface area contributed by atoms with Crippen LogP contribution in [0, 0.1) is 0 Å². The van der Waals surface area contributed by atoms with Gasteiger partial charge in [0, 0.05) is 18.9 Å². The average molecular weight is 417 g/mol. The number of piperazine rings is 3. The summed E-state index contributed by atoms with van der Waals surface area (Å²) in [7, 11) is -1.80. The summed E-state index contributed by atoms with van der Waals surface area (Å²) in [6, 6.07) is 9.66. The number of fused-ring (bicyclic) bond motifs is 3. The van der Waals surface area contributed by atoms with Gasteiger partial charge in [-0.1, -0.05) is 18.2 Å². The molecule has 4 aliphatic heterocycles. The van der Waals surface area contributed by atoms with E-state index >= 15 is 0 Å². The molecule has 154 valence electrons. The summed E-state index contributed by atoms with van der Waals surface area (Å²) in [6.45, 7) is 7.86. The highest BCUT2D eigenvalue weighted by Gasteiger charge is 2.49. The highest BCUT2D eigenvalue weighted by molar-refractivity contribution is 7.93. The smallest absolute Gasteiger partial charge is 0.272 e.